The van der Waals surface area contributed by atoms with Gasteiger partial charge in [-0.25, -0.2) is 39.9 Å². The van der Waals surface area contributed by atoms with Gasteiger partial charge >= 0.3 is 0 Å². The van der Waals surface area contributed by atoms with Crippen molar-refractivity contribution in [2.75, 3.05) is 222 Å². The molecule has 0 spiro atoms. The highest BCUT2D eigenvalue weighted by Crippen LogP contribution is 2.13. The van der Waals surface area contributed by atoms with E-state index in [1.54, 1.807) is 28.2 Å². The molecule has 0 aliphatic carbocycles. The van der Waals surface area contributed by atoms with E-state index in [1.807, 2.05) is 200 Å². The molecule has 0 saturated carbocycles. The van der Waals surface area contributed by atoms with E-state index in [4.69, 9.17) is 0 Å². The van der Waals surface area contributed by atoms with Crippen molar-refractivity contribution < 1.29 is 0 Å². The normalized spacial score (nSPS) is 21.7. The van der Waals surface area contributed by atoms with Crippen LogP contribution in [0.3, 0.4) is 0 Å². The summed E-state index contributed by atoms with van der Waals surface area (Å²) in [5.74, 6) is 14.2. The van der Waals surface area contributed by atoms with Gasteiger partial charge in [-0.2, -0.15) is 20.0 Å². The lowest BCUT2D eigenvalue weighted by atomic mass is 10.2. The lowest BCUT2D eigenvalue weighted by Crippen LogP contribution is -2.55. The van der Waals surface area contributed by atoms with Crippen LogP contribution in [0.1, 0.15) is 188 Å². The molecular formula is C84H176N40. The Labute approximate surface area is 751 Å². The maximum absolute atomic E-state index is 4.62. The number of nitrogens with zero attached hydrogens (tertiary/aromatic N) is 32. The Morgan fingerprint density at radius 1 is 0.242 bits per heavy atom. The second-order valence-electron chi connectivity index (χ2n) is 32.4. The molecule has 8 N–H and O–H groups in total. The molecular weight excluding hydrogens is 1570 g/mol. The minimum atomic E-state index is 0.0912. The van der Waals surface area contributed by atoms with Gasteiger partial charge in [0.15, 0.2) is 0 Å². The van der Waals surface area contributed by atoms with E-state index in [0.717, 1.165) is 161 Å². The standard InChI is InChI=1S/2C12H25N5.2C11H23N5.2C10H21N5.2C9H19N5/c1-6-7-8-9-17(5)12-14-10(2)13-11(15-12)16(3)4;1-6-7-8-9-16(4)12-15-10(2)14-11(13-3)17(12)5;1-6-7-8-16(5)11-13-9(2)12-10(14-11)15(3)4;1-6-7-8-15(4)11-14-9(2)13-10(12-3)16(11)5;1-6-7-15(5)10-12-8(2)11-9(13-10)14(3)4;1-6-7-14(4)10-13-8(2)12-9(11-3)15(10)5;1-6-14(5)9-11-7(2)10-8(12-9)13(3)4;1-6-13(4)9-12-7(2)11-8(10-3)14(9)5/h10H,6-9H2,1-5H3,(H,13,14,15);10H,6-9H2,1-5H3,(H,13,14);9H,6-8H2,1-5H3,(H,12,13,14);9H,6-8H2,1-5H3,(H,12,13);8H,6-7H2,1-5H3,(H,11,12,13);8H,6-7H2,1-5H3,(H,11,12);7H,6H2,1-5H3,(H,10,11,12);7H,6H2,1-5H3,(H,10,11). The zero-order valence-corrected chi connectivity index (χ0v) is 85.1. The summed E-state index contributed by atoms with van der Waals surface area (Å²) >= 11 is 0. The number of unbranched alkanes of at least 4 members (excludes halogenated alkanes) is 6. The molecule has 0 radical (unpaired) electrons. The van der Waals surface area contributed by atoms with Gasteiger partial charge < -0.3 is 101 Å². The smallest absolute Gasteiger partial charge is 0.225 e. The Balaban J connectivity index is 0.000000709. The van der Waals surface area contributed by atoms with Gasteiger partial charge in [0.25, 0.3) is 0 Å². The Hall–Kier alpha value is -10.1. The van der Waals surface area contributed by atoms with Crippen LogP contribution < -0.4 is 42.5 Å². The number of hydrogen-bond acceptors (Lipinski definition) is 32. The Kier molecular flexibility index (Phi) is 53.9. The van der Waals surface area contributed by atoms with Gasteiger partial charge in [-0.1, -0.05) is 80.1 Å². The molecule has 0 aromatic carbocycles. The molecule has 8 atom stereocenters. The van der Waals surface area contributed by atoms with E-state index < -0.39 is 0 Å². The highest BCUT2D eigenvalue weighted by Gasteiger charge is 2.29. The summed E-state index contributed by atoms with van der Waals surface area (Å²) in [4.78, 5) is 103. The first-order valence-electron chi connectivity index (χ1n) is 44.9. The van der Waals surface area contributed by atoms with Crippen LogP contribution in [0.25, 0.3) is 0 Å². The number of hydrogen-bond donors (Lipinski definition) is 8. The zero-order valence-electron chi connectivity index (χ0n) is 85.1. The average Bonchev–Trinajstić information content (AvgIpc) is 0.832. The maximum atomic E-state index is 4.62. The van der Waals surface area contributed by atoms with Gasteiger partial charge in [0.05, 0.1) is 0 Å². The molecule has 8 rings (SSSR count). The van der Waals surface area contributed by atoms with Crippen molar-refractivity contribution >= 4 is 95.4 Å². The first kappa shape index (κ1) is 112. The lowest BCUT2D eigenvalue weighted by molar-refractivity contribution is 0.409. The quantitative estimate of drug-likeness (QED) is 0.0651. The van der Waals surface area contributed by atoms with Crippen LogP contribution >= 0.6 is 0 Å². The van der Waals surface area contributed by atoms with E-state index in [0.29, 0.717) is 0 Å². The number of aliphatic imine (C=N–C) groups is 16. The molecule has 124 heavy (non-hydrogen) atoms. The summed E-state index contributed by atoms with van der Waals surface area (Å²) < 4.78 is 0. The second-order valence-corrected chi connectivity index (χ2v) is 32.4. The molecule has 0 aromatic heterocycles. The number of guanidine groups is 16. The predicted octanol–water partition coefficient (Wildman–Crippen LogP) is 5.97. The molecule has 0 fully saturated rings. The SMILES string of the molecule is CCCCCN(C)C1=NC(C)NC(=NC)N1C.CCCCCN(C)C1=NC(N(C)C)=NC(C)N1.CCCCN(C)C1=NC(C)NC(=NC)N1C.CCCCN(C)C1=NC(N(C)C)=NC(C)N1.CCCN(C)C1=NC(C)NC(=NC)N1C.CCCN(C)C1=NC(N(C)C)=NC(C)N1.CCN(C)C1=NC(C)NC(=NC)N1C.CCN(C)C1=NC(N(C)C)=NC(C)N1. The topological polar surface area (TPSA) is 346 Å². The third-order valence-electron chi connectivity index (χ3n) is 19.7. The van der Waals surface area contributed by atoms with Crippen LogP contribution in [0.4, 0.5) is 0 Å². The van der Waals surface area contributed by atoms with Crippen molar-refractivity contribution in [1.29, 1.82) is 0 Å². The van der Waals surface area contributed by atoms with Gasteiger partial charge in [-0.3, -0.25) is 39.6 Å². The molecule has 40 nitrogen and oxygen atoms in total. The van der Waals surface area contributed by atoms with Crippen molar-refractivity contribution in [3.8, 4) is 0 Å². The van der Waals surface area contributed by atoms with Crippen LogP contribution in [0.2, 0.25) is 0 Å². The third-order valence-corrected chi connectivity index (χ3v) is 19.7. The van der Waals surface area contributed by atoms with Crippen LogP contribution in [0.15, 0.2) is 79.9 Å². The maximum Gasteiger partial charge on any atom is 0.225 e. The fourth-order valence-corrected chi connectivity index (χ4v) is 12.4. The second kappa shape index (κ2) is 59.7. The summed E-state index contributed by atoms with van der Waals surface area (Å²) in [5, 5.41) is 25.9. The summed E-state index contributed by atoms with van der Waals surface area (Å²) in [6, 6.07) is 0. The number of nitrogens with one attached hydrogen (secondary N) is 8. The van der Waals surface area contributed by atoms with Crippen LogP contribution in [-0.4, -0.2) is 445 Å². The molecule has 0 aromatic rings. The minimum Gasteiger partial charge on any atom is -0.347 e. The van der Waals surface area contributed by atoms with E-state index in [9.17, 15) is 0 Å². The molecule has 0 saturated heterocycles. The van der Waals surface area contributed by atoms with Crippen molar-refractivity contribution in [1.82, 2.24) is 121 Å². The van der Waals surface area contributed by atoms with Gasteiger partial charge in [0.1, 0.15) is 49.3 Å². The fourth-order valence-electron chi connectivity index (χ4n) is 12.4. The molecule has 712 valence electrons. The minimum absolute atomic E-state index is 0.0912. The number of rotatable bonds is 20. The summed E-state index contributed by atoms with van der Waals surface area (Å²) in [6.45, 7) is 41.6. The van der Waals surface area contributed by atoms with Crippen LogP contribution in [-0.2, 0) is 0 Å². The summed E-state index contributed by atoms with van der Waals surface area (Å²) in [5.41, 5.74) is 0. The monoisotopic (exact) mass is 1750 g/mol. The van der Waals surface area contributed by atoms with Gasteiger partial charge in [-0.15, -0.1) is 0 Å². The molecule has 8 aliphatic rings. The lowest BCUT2D eigenvalue weighted by Gasteiger charge is -2.35. The zero-order chi connectivity index (χ0) is 94.2. The molecule has 0 bridgehead atoms. The first-order valence-corrected chi connectivity index (χ1v) is 44.9. The van der Waals surface area contributed by atoms with E-state index >= 15 is 0 Å². The molecule has 8 heterocycles. The van der Waals surface area contributed by atoms with Crippen molar-refractivity contribution in [2.45, 2.75) is 237 Å². The van der Waals surface area contributed by atoms with Gasteiger partial charge in [0.2, 0.25) is 95.4 Å². The van der Waals surface area contributed by atoms with E-state index in [-0.39, 0.29) is 49.3 Å². The van der Waals surface area contributed by atoms with Crippen LogP contribution in [0, 0.1) is 0 Å². The van der Waals surface area contributed by atoms with Gasteiger partial charge in [-0.05, 0) is 108 Å². The molecule has 0 amide bonds. The fraction of sp³-hybridized carbons (Fsp3) is 0.810. The van der Waals surface area contributed by atoms with Gasteiger partial charge in [0, 0.05) is 222 Å². The van der Waals surface area contributed by atoms with Crippen molar-refractivity contribution in [2.24, 2.45) is 79.9 Å². The summed E-state index contributed by atoms with van der Waals surface area (Å²) in [7, 11) is 47.2. The Morgan fingerprint density at radius 2 is 0.444 bits per heavy atom. The molecule has 40 heteroatoms. The average molecular weight is 1750 g/mol. The summed E-state index contributed by atoms with van der Waals surface area (Å²) in [6.07, 6.45) is 15.2. The largest absolute Gasteiger partial charge is 0.347 e. The highest BCUT2D eigenvalue weighted by molar-refractivity contribution is 6.03. The van der Waals surface area contributed by atoms with E-state index in [1.165, 1.54) is 64.2 Å². The predicted molar refractivity (Wildman–Crippen MR) is 531 cm³/mol. The molecule has 8 unspecified atom stereocenters. The van der Waals surface area contributed by atoms with Crippen molar-refractivity contribution in [3.63, 3.8) is 0 Å². The third kappa shape index (κ3) is 39.8. The first-order chi connectivity index (χ1) is 58.5. The molecule has 8 aliphatic heterocycles. The van der Waals surface area contributed by atoms with Crippen LogP contribution in [0.5, 0.6) is 0 Å². The Bertz CT molecular complexity index is 3580. The highest BCUT2D eigenvalue weighted by atomic mass is 15.5. The van der Waals surface area contributed by atoms with E-state index in [2.05, 4.69) is 252 Å². The van der Waals surface area contributed by atoms with Crippen molar-refractivity contribution in [3.05, 3.63) is 0 Å². The Morgan fingerprint density at radius 3 is 0.677 bits per heavy atom.